The van der Waals surface area contributed by atoms with E-state index in [2.05, 4.69) is 9.44 Å². The lowest BCUT2D eigenvalue weighted by molar-refractivity contribution is -0.110. The van der Waals surface area contributed by atoms with Crippen LogP contribution in [0.25, 0.3) is 0 Å². The van der Waals surface area contributed by atoms with Crippen LogP contribution in [0.4, 0.5) is 4.39 Å². The smallest absolute Gasteiger partial charge is 0.290 e. The quantitative estimate of drug-likeness (QED) is 0.495. The first-order chi connectivity index (χ1) is 6.38. The molecule has 0 aromatic carbocycles. The first kappa shape index (κ1) is 10.6. The average molecular weight is 219 g/mol. The fourth-order valence-electron chi connectivity index (χ4n) is 0.670. The zero-order valence-electron chi connectivity index (χ0n) is 7.10. The van der Waals surface area contributed by atoms with Gasteiger partial charge < -0.3 is 0 Å². The van der Waals surface area contributed by atoms with Gasteiger partial charge in [-0.25, -0.2) is 4.39 Å². The molecule has 0 aliphatic heterocycles. The van der Waals surface area contributed by atoms with Gasteiger partial charge in [0.25, 0.3) is 0 Å². The van der Waals surface area contributed by atoms with Crippen molar-refractivity contribution in [2.24, 2.45) is 5.16 Å². The fraction of sp³-hybridized carbons (Fsp3) is 0.143. The van der Waals surface area contributed by atoms with Crippen LogP contribution in [0.1, 0.15) is 0 Å². The maximum atomic E-state index is 12.9. The van der Waals surface area contributed by atoms with Crippen molar-refractivity contribution in [1.29, 1.82) is 0 Å². The SMILES string of the molecule is CS(=O)(=O)ON=C1C=CC(=O)C=C1F. The van der Waals surface area contributed by atoms with Gasteiger partial charge in [-0.1, -0.05) is 5.16 Å². The summed E-state index contributed by atoms with van der Waals surface area (Å²) in [5.74, 6) is -1.46. The van der Waals surface area contributed by atoms with E-state index in [-0.39, 0.29) is 5.71 Å². The molecule has 1 aliphatic rings. The van der Waals surface area contributed by atoms with Crippen LogP contribution in [0.5, 0.6) is 0 Å². The minimum absolute atomic E-state index is 0.338. The molecule has 76 valence electrons. The highest BCUT2D eigenvalue weighted by atomic mass is 32.2. The van der Waals surface area contributed by atoms with Crippen LogP contribution in [-0.4, -0.2) is 26.2 Å². The van der Waals surface area contributed by atoms with Gasteiger partial charge in [0.2, 0.25) is 0 Å². The molecule has 0 N–H and O–H groups in total. The van der Waals surface area contributed by atoms with Crippen LogP contribution in [0.2, 0.25) is 0 Å². The minimum Gasteiger partial charge on any atom is -0.290 e. The van der Waals surface area contributed by atoms with Crippen LogP contribution >= 0.6 is 0 Å². The summed E-state index contributed by atoms with van der Waals surface area (Å²) in [6, 6.07) is 0. The second-order valence-electron chi connectivity index (χ2n) is 2.48. The zero-order valence-corrected chi connectivity index (χ0v) is 7.91. The molecule has 0 radical (unpaired) electrons. The maximum Gasteiger partial charge on any atom is 0.325 e. The van der Waals surface area contributed by atoms with E-state index in [0.29, 0.717) is 6.08 Å². The van der Waals surface area contributed by atoms with Gasteiger partial charge in [0.15, 0.2) is 11.6 Å². The first-order valence-electron chi connectivity index (χ1n) is 3.45. The van der Waals surface area contributed by atoms with Crippen LogP contribution in [-0.2, 0) is 19.2 Å². The number of allylic oxidation sites excluding steroid dienone is 4. The molecule has 0 aromatic heterocycles. The highest BCUT2D eigenvalue weighted by Gasteiger charge is 2.12. The maximum absolute atomic E-state index is 12.9. The molecule has 0 saturated heterocycles. The Hall–Kier alpha value is -1.50. The number of carbonyl (C=O) groups is 1. The van der Waals surface area contributed by atoms with Gasteiger partial charge in [-0.2, -0.15) is 8.42 Å². The number of hydrogen-bond donors (Lipinski definition) is 0. The third kappa shape index (κ3) is 3.09. The lowest BCUT2D eigenvalue weighted by atomic mass is 10.1. The molecule has 0 unspecified atom stereocenters. The molecule has 1 aliphatic carbocycles. The number of oxime groups is 1. The van der Waals surface area contributed by atoms with Crippen molar-refractivity contribution in [3.05, 3.63) is 24.1 Å². The van der Waals surface area contributed by atoms with Crippen molar-refractivity contribution in [1.82, 2.24) is 0 Å². The summed E-state index contributed by atoms with van der Waals surface area (Å²) in [6.45, 7) is 0. The van der Waals surface area contributed by atoms with Crippen LogP contribution in [0.15, 0.2) is 29.2 Å². The van der Waals surface area contributed by atoms with E-state index in [1.165, 1.54) is 0 Å². The summed E-state index contributed by atoms with van der Waals surface area (Å²) in [6.07, 6.45) is 3.54. The molecule has 0 saturated carbocycles. The molecule has 0 heterocycles. The molecule has 0 fully saturated rings. The largest absolute Gasteiger partial charge is 0.325 e. The van der Waals surface area contributed by atoms with E-state index in [1.807, 2.05) is 0 Å². The molecule has 5 nitrogen and oxygen atoms in total. The molecule has 14 heavy (non-hydrogen) atoms. The monoisotopic (exact) mass is 219 g/mol. The van der Waals surface area contributed by atoms with Crippen LogP contribution in [0.3, 0.4) is 0 Å². The van der Waals surface area contributed by atoms with Crippen molar-refractivity contribution < 1.29 is 21.9 Å². The van der Waals surface area contributed by atoms with Crippen LogP contribution < -0.4 is 0 Å². The molecule has 0 bridgehead atoms. The van der Waals surface area contributed by atoms with Gasteiger partial charge >= 0.3 is 10.1 Å². The summed E-state index contributed by atoms with van der Waals surface area (Å²) in [5.41, 5.74) is -0.338. The Balaban J connectivity index is 2.86. The summed E-state index contributed by atoms with van der Waals surface area (Å²) >= 11 is 0. The van der Waals surface area contributed by atoms with Gasteiger partial charge in [-0.3, -0.25) is 9.08 Å². The van der Waals surface area contributed by atoms with Gasteiger partial charge in [0.1, 0.15) is 5.71 Å². The second kappa shape index (κ2) is 3.70. The molecule has 0 amide bonds. The van der Waals surface area contributed by atoms with Crippen molar-refractivity contribution in [3.63, 3.8) is 0 Å². The summed E-state index contributed by atoms with van der Waals surface area (Å²) in [4.78, 5) is 10.6. The van der Waals surface area contributed by atoms with E-state index in [1.54, 1.807) is 0 Å². The number of halogens is 1. The Labute approximate surface area is 79.7 Å². The highest BCUT2D eigenvalue weighted by molar-refractivity contribution is 7.85. The number of nitrogens with zero attached hydrogens (tertiary/aromatic N) is 1. The lowest BCUT2D eigenvalue weighted by Crippen LogP contribution is -2.07. The topological polar surface area (TPSA) is 72.8 Å². The van der Waals surface area contributed by atoms with E-state index >= 15 is 0 Å². The molecule has 1 rings (SSSR count). The normalized spacial score (nSPS) is 19.7. The van der Waals surface area contributed by atoms with E-state index in [4.69, 9.17) is 0 Å². The van der Waals surface area contributed by atoms with Crippen molar-refractivity contribution in [2.45, 2.75) is 0 Å². The van der Waals surface area contributed by atoms with Gasteiger partial charge in [-0.05, 0) is 12.2 Å². The molecular weight excluding hydrogens is 213 g/mol. The van der Waals surface area contributed by atoms with Gasteiger partial charge in [0, 0.05) is 6.08 Å². The first-order valence-corrected chi connectivity index (χ1v) is 5.26. The second-order valence-corrected chi connectivity index (χ2v) is 4.04. The Morgan fingerprint density at radius 1 is 1.43 bits per heavy atom. The summed E-state index contributed by atoms with van der Waals surface area (Å²) in [7, 11) is -3.76. The predicted octanol–water partition coefficient (Wildman–Crippen LogP) is 0.311. The Morgan fingerprint density at radius 2 is 2.07 bits per heavy atom. The molecule has 0 spiro atoms. The zero-order chi connectivity index (χ0) is 10.8. The summed E-state index contributed by atoms with van der Waals surface area (Å²) < 4.78 is 37.8. The Morgan fingerprint density at radius 3 is 2.57 bits per heavy atom. The fourth-order valence-corrected chi connectivity index (χ4v) is 0.885. The highest BCUT2D eigenvalue weighted by Crippen LogP contribution is 2.08. The Kier molecular flexibility index (Phi) is 2.80. The molecule has 0 aromatic rings. The summed E-state index contributed by atoms with van der Waals surface area (Å²) in [5, 5.41) is 3.02. The third-order valence-electron chi connectivity index (χ3n) is 1.19. The number of carbonyl (C=O) groups excluding carboxylic acids is 1. The minimum atomic E-state index is -3.76. The Bertz CT molecular complexity index is 446. The molecule has 7 heteroatoms. The standard InChI is InChI=1S/C7H6FNO4S/c1-14(11,12)13-9-7-3-2-5(10)4-6(7)8/h2-4H,1H3. The lowest BCUT2D eigenvalue weighted by Gasteiger charge is -2.01. The number of ketones is 1. The van der Waals surface area contributed by atoms with E-state index in [9.17, 15) is 17.6 Å². The van der Waals surface area contributed by atoms with Crippen molar-refractivity contribution >= 4 is 21.6 Å². The third-order valence-corrected chi connectivity index (χ3v) is 1.54. The number of hydrogen-bond acceptors (Lipinski definition) is 5. The van der Waals surface area contributed by atoms with Crippen LogP contribution in [0, 0.1) is 0 Å². The molecule has 0 atom stereocenters. The van der Waals surface area contributed by atoms with Gasteiger partial charge in [-0.15, -0.1) is 0 Å². The predicted molar refractivity (Wildman–Crippen MR) is 46.7 cm³/mol. The van der Waals surface area contributed by atoms with E-state index in [0.717, 1.165) is 18.4 Å². The van der Waals surface area contributed by atoms with E-state index < -0.39 is 21.7 Å². The van der Waals surface area contributed by atoms with Gasteiger partial charge in [0.05, 0.1) is 6.26 Å². The van der Waals surface area contributed by atoms with Crippen molar-refractivity contribution in [2.75, 3.05) is 6.26 Å². The average Bonchev–Trinajstić information content (AvgIpc) is 2.00. The number of rotatable bonds is 2. The molecular formula is C7H6FNO4S. The van der Waals surface area contributed by atoms with Crippen molar-refractivity contribution in [3.8, 4) is 0 Å².